The second-order valence-corrected chi connectivity index (χ2v) is 5.39. The summed E-state index contributed by atoms with van der Waals surface area (Å²) in [5.41, 5.74) is 1.37. The van der Waals surface area contributed by atoms with E-state index in [2.05, 4.69) is 9.97 Å². The molecule has 8 nitrogen and oxygen atoms in total. The number of aromatic amines is 2. The molecule has 2 N–H and O–H groups in total. The molecule has 0 unspecified atom stereocenters. The molecule has 8 heteroatoms. The number of nitrogens with zero attached hydrogens (tertiary/aromatic N) is 2. The molecular formula is C17H14N4O4. The van der Waals surface area contributed by atoms with E-state index in [1.165, 1.54) is 18.2 Å². The SMILES string of the molecule is CN(c1cccc(-c2ccc([N+](=O)[O-])cc2)c1)c1cc(=O)[nH]c(=O)[nH]1. The molecule has 0 saturated carbocycles. The number of aromatic nitrogens is 2. The highest BCUT2D eigenvalue weighted by molar-refractivity contribution is 5.71. The Morgan fingerprint density at radius 1 is 0.960 bits per heavy atom. The van der Waals surface area contributed by atoms with Crippen LogP contribution in [0, 0.1) is 10.1 Å². The van der Waals surface area contributed by atoms with Gasteiger partial charge in [-0.1, -0.05) is 12.1 Å². The molecule has 0 aliphatic carbocycles. The molecule has 1 heterocycles. The van der Waals surface area contributed by atoms with Crippen molar-refractivity contribution in [1.29, 1.82) is 0 Å². The maximum atomic E-state index is 11.5. The monoisotopic (exact) mass is 338 g/mol. The largest absolute Gasteiger partial charge is 0.331 e. The van der Waals surface area contributed by atoms with Crippen molar-refractivity contribution >= 4 is 17.2 Å². The van der Waals surface area contributed by atoms with Crippen molar-refractivity contribution in [2.45, 2.75) is 0 Å². The number of anilines is 2. The van der Waals surface area contributed by atoms with Crippen LogP contribution in [0.15, 0.2) is 64.2 Å². The van der Waals surface area contributed by atoms with Crippen molar-refractivity contribution in [2.24, 2.45) is 0 Å². The lowest BCUT2D eigenvalue weighted by Gasteiger charge is -2.19. The number of nitro groups is 1. The Morgan fingerprint density at radius 3 is 2.32 bits per heavy atom. The zero-order valence-corrected chi connectivity index (χ0v) is 13.2. The number of H-pyrrole nitrogens is 2. The lowest BCUT2D eigenvalue weighted by Crippen LogP contribution is -2.25. The molecule has 0 aliphatic heterocycles. The number of nitro benzene ring substituents is 1. The third kappa shape index (κ3) is 3.47. The normalized spacial score (nSPS) is 10.4. The number of hydrogen-bond acceptors (Lipinski definition) is 5. The van der Waals surface area contributed by atoms with E-state index in [0.29, 0.717) is 5.82 Å². The number of non-ortho nitro benzene ring substituents is 1. The van der Waals surface area contributed by atoms with E-state index >= 15 is 0 Å². The van der Waals surface area contributed by atoms with Gasteiger partial charge in [-0.15, -0.1) is 0 Å². The molecule has 0 radical (unpaired) electrons. The van der Waals surface area contributed by atoms with Crippen LogP contribution in [0.3, 0.4) is 0 Å². The van der Waals surface area contributed by atoms with Gasteiger partial charge in [-0.25, -0.2) is 4.79 Å². The summed E-state index contributed by atoms with van der Waals surface area (Å²) in [7, 11) is 1.72. The molecular weight excluding hydrogens is 324 g/mol. The van der Waals surface area contributed by atoms with Crippen LogP contribution in [0.5, 0.6) is 0 Å². The molecule has 0 atom stereocenters. The number of rotatable bonds is 4. The Hall–Kier alpha value is -3.68. The van der Waals surface area contributed by atoms with Crippen molar-refractivity contribution in [1.82, 2.24) is 9.97 Å². The Bertz CT molecular complexity index is 1010. The van der Waals surface area contributed by atoms with E-state index in [9.17, 15) is 19.7 Å². The van der Waals surface area contributed by atoms with Gasteiger partial charge >= 0.3 is 5.69 Å². The second-order valence-electron chi connectivity index (χ2n) is 5.39. The van der Waals surface area contributed by atoms with Crippen LogP contribution in [-0.4, -0.2) is 21.9 Å². The van der Waals surface area contributed by atoms with Crippen LogP contribution in [-0.2, 0) is 0 Å². The van der Waals surface area contributed by atoms with E-state index in [1.54, 1.807) is 24.1 Å². The predicted octanol–water partition coefficient (Wildman–Crippen LogP) is 2.41. The third-order valence-electron chi connectivity index (χ3n) is 3.75. The second kappa shape index (κ2) is 6.44. The Balaban J connectivity index is 1.97. The van der Waals surface area contributed by atoms with Gasteiger partial charge in [-0.05, 0) is 35.4 Å². The van der Waals surface area contributed by atoms with Gasteiger partial charge < -0.3 is 4.90 Å². The fraction of sp³-hybridized carbons (Fsp3) is 0.0588. The number of benzene rings is 2. The van der Waals surface area contributed by atoms with Gasteiger partial charge in [-0.2, -0.15) is 0 Å². The van der Waals surface area contributed by atoms with E-state index < -0.39 is 16.2 Å². The third-order valence-corrected chi connectivity index (χ3v) is 3.75. The van der Waals surface area contributed by atoms with Gasteiger partial charge in [0.1, 0.15) is 5.82 Å². The van der Waals surface area contributed by atoms with Gasteiger partial charge in [-0.3, -0.25) is 24.9 Å². The van der Waals surface area contributed by atoms with E-state index in [1.807, 2.05) is 24.3 Å². The molecule has 0 saturated heterocycles. The fourth-order valence-corrected chi connectivity index (χ4v) is 2.45. The molecule has 2 aromatic carbocycles. The lowest BCUT2D eigenvalue weighted by molar-refractivity contribution is -0.384. The van der Waals surface area contributed by atoms with Crippen molar-refractivity contribution < 1.29 is 4.92 Å². The molecule has 126 valence electrons. The quantitative estimate of drug-likeness (QED) is 0.560. The van der Waals surface area contributed by atoms with Crippen LogP contribution in [0.25, 0.3) is 11.1 Å². The average molecular weight is 338 g/mol. The zero-order valence-electron chi connectivity index (χ0n) is 13.2. The van der Waals surface area contributed by atoms with Crippen molar-refractivity contribution in [3.8, 4) is 11.1 Å². The van der Waals surface area contributed by atoms with Crippen LogP contribution in [0.2, 0.25) is 0 Å². The summed E-state index contributed by atoms with van der Waals surface area (Å²) in [6.07, 6.45) is 0. The predicted molar refractivity (Wildman–Crippen MR) is 94.3 cm³/mol. The van der Waals surface area contributed by atoms with Gasteiger partial charge in [0.25, 0.3) is 11.2 Å². The van der Waals surface area contributed by atoms with E-state index in [-0.39, 0.29) is 5.69 Å². The summed E-state index contributed by atoms with van der Waals surface area (Å²) >= 11 is 0. The first-order valence-corrected chi connectivity index (χ1v) is 7.36. The Morgan fingerprint density at radius 2 is 1.68 bits per heavy atom. The first kappa shape index (κ1) is 16.2. The molecule has 0 amide bonds. The summed E-state index contributed by atoms with van der Waals surface area (Å²) in [5, 5.41) is 10.7. The summed E-state index contributed by atoms with van der Waals surface area (Å²) in [5.74, 6) is 0.356. The zero-order chi connectivity index (χ0) is 18.0. The summed E-state index contributed by atoms with van der Waals surface area (Å²) in [6.45, 7) is 0. The topological polar surface area (TPSA) is 112 Å². The standard InChI is InChI=1S/C17H14N4O4/c1-20(15-10-16(22)19-17(23)18-15)14-4-2-3-12(9-14)11-5-7-13(8-6-11)21(24)25/h2-10H,1H3,(H2,18,19,22,23). The average Bonchev–Trinajstić information content (AvgIpc) is 2.60. The molecule has 1 aromatic heterocycles. The molecule has 25 heavy (non-hydrogen) atoms. The van der Waals surface area contributed by atoms with Crippen molar-refractivity contribution in [3.05, 3.63) is 85.5 Å². The van der Waals surface area contributed by atoms with Crippen LogP contribution in [0.4, 0.5) is 17.2 Å². The number of nitrogens with one attached hydrogen (secondary N) is 2. The van der Waals surface area contributed by atoms with E-state index in [0.717, 1.165) is 16.8 Å². The Labute approximate surface area is 141 Å². The first-order valence-electron chi connectivity index (χ1n) is 7.36. The van der Waals surface area contributed by atoms with Gasteiger partial charge in [0, 0.05) is 30.9 Å². The molecule has 3 rings (SSSR count). The van der Waals surface area contributed by atoms with Crippen LogP contribution in [0.1, 0.15) is 0 Å². The summed E-state index contributed by atoms with van der Waals surface area (Å²) in [4.78, 5) is 39.6. The minimum Gasteiger partial charge on any atom is -0.331 e. The molecule has 0 spiro atoms. The highest BCUT2D eigenvalue weighted by Crippen LogP contribution is 2.28. The highest BCUT2D eigenvalue weighted by atomic mass is 16.6. The molecule has 0 aliphatic rings. The van der Waals surface area contributed by atoms with Crippen LogP contribution >= 0.6 is 0 Å². The van der Waals surface area contributed by atoms with Crippen LogP contribution < -0.4 is 16.1 Å². The molecule has 0 bridgehead atoms. The van der Waals surface area contributed by atoms with E-state index in [4.69, 9.17) is 0 Å². The lowest BCUT2D eigenvalue weighted by atomic mass is 10.0. The smallest absolute Gasteiger partial charge is 0.327 e. The maximum absolute atomic E-state index is 11.5. The minimum absolute atomic E-state index is 0.0260. The van der Waals surface area contributed by atoms with Gasteiger partial charge in [0.15, 0.2) is 0 Å². The molecule has 0 fully saturated rings. The minimum atomic E-state index is -0.583. The maximum Gasteiger partial charge on any atom is 0.327 e. The molecule has 3 aromatic rings. The van der Waals surface area contributed by atoms with Gasteiger partial charge in [0.05, 0.1) is 4.92 Å². The van der Waals surface area contributed by atoms with Gasteiger partial charge in [0.2, 0.25) is 0 Å². The number of hydrogen-bond donors (Lipinski definition) is 2. The summed E-state index contributed by atoms with van der Waals surface area (Å²) < 4.78 is 0. The van der Waals surface area contributed by atoms with Crippen molar-refractivity contribution in [3.63, 3.8) is 0 Å². The fourth-order valence-electron chi connectivity index (χ4n) is 2.45. The summed E-state index contributed by atoms with van der Waals surface area (Å²) in [6, 6.07) is 14.9. The van der Waals surface area contributed by atoms with Crippen molar-refractivity contribution in [2.75, 3.05) is 11.9 Å². The highest BCUT2D eigenvalue weighted by Gasteiger charge is 2.09. The first-order chi connectivity index (χ1) is 11.9. The Kier molecular flexibility index (Phi) is 4.17.